The van der Waals surface area contributed by atoms with Gasteiger partial charge in [0.25, 0.3) is 0 Å². The summed E-state index contributed by atoms with van der Waals surface area (Å²) in [7, 11) is 0. The number of thiol groups is 2. The van der Waals surface area contributed by atoms with Gasteiger partial charge in [-0.25, -0.2) is 0 Å². The van der Waals surface area contributed by atoms with Gasteiger partial charge in [-0.1, -0.05) is 38.5 Å². The number of carboxylic acids is 2. The van der Waals surface area contributed by atoms with Crippen LogP contribution in [0.15, 0.2) is 0 Å². The van der Waals surface area contributed by atoms with Gasteiger partial charge in [-0.05, 0) is 37.5 Å². The minimum atomic E-state index is -1.01. The third kappa shape index (κ3) is 11.7. The van der Waals surface area contributed by atoms with E-state index in [0.717, 1.165) is 51.4 Å². The molecule has 2 atom stereocenters. The van der Waals surface area contributed by atoms with Crippen molar-refractivity contribution in [3.8, 4) is 0 Å². The molecule has 4 nitrogen and oxygen atoms in total. The molecular weight excluding hydrogens is 463 g/mol. The number of rotatable bonds is 4. The Hall–Kier alpha value is 0.439. The van der Waals surface area contributed by atoms with Crippen LogP contribution in [0.5, 0.6) is 0 Å². The molecule has 25 heavy (non-hydrogen) atoms. The molecule has 0 saturated heterocycles. The quantitative estimate of drug-likeness (QED) is 0.462. The van der Waals surface area contributed by atoms with Gasteiger partial charge < -0.3 is 19.8 Å². The summed E-state index contributed by atoms with van der Waals surface area (Å²) in [5.41, 5.74) is 0. The van der Waals surface area contributed by atoms with Crippen molar-refractivity contribution in [2.24, 2.45) is 11.8 Å². The van der Waals surface area contributed by atoms with Gasteiger partial charge >= 0.3 is 31.0 Å². The van der Waals surface area contributed by atoms with E-state index < -0.39 is 22.4 Å². The maximum atomic E-state index is 10.4. The summed E-state index contributed by atoms with van der Waals surface area (Å²) in [6.07, 6.45) is 11.1. The van der Waals surface area contributed by atoms with Crippen molar-refractivity contribution in [3.05, 3.63) is 0 Å². The van der Waals surface area contributed by atoms with Gasteiger partial charge in [-0.15, -0.1) is 0 Å². The molecule has 0 heterocycles. The topological polar surface area (TPSA) is 80.3 Å². The van der Waals surface area contributed by atoms with Crippen molar-refractivity contribution in [3.63, 3.8) is 0 Å². The minimum absolute atomic E-state index is 0.230. The number of hydrogen-bond donors (Lipinski definition) is 2. The van der Waals surface area contributed by atoms with Crippen LogP contribution >= 0.6 is 25.3 Å². The van der Waals surface area contributed by atoms with E-state index >= 15 is 0 Å². The zero-order valence-corrected chi connectivity index (χ0v) is 20.1. The zero-order valence-electron chi connectivity index (χ0n) is 15.4. The standard InChI is InChI=1S/2C8H14O2S.2CH3.Sn/c2*9-8(10)7(11)6-4-2-1-3-5-6;;;/h2*6-7,11H,1-5H2,(H,9,10);2*1H3;/q;;;;+2/p-2. The molecule has 2 saturated carbocycles. The molecule has 2 unspecified atom stereocenters. The Morgan fingerprint density at radius 2 is 1.00 bits per heavy atom. The molecule has 7 heteroatoms. The second-order valence-corrected chi connectivity index (χ2v) is 10.8. The molecule has 0 aromatic heterocycles. The maximum absolute atomic E-state index is 10.4. The average molecular weight is 495 g/mol. The van der Waals surface area contributed by atoms with Crippen LogP contribution in [0.3, 0.4) is 0 Å². The molecule has 0 amide bonds. The van der Waals surface area contributed by atoms with Crippen LogP contribution in [-0.2, 0) is 9.59 Å². The normalized spacial score (nSPS) is 20.6. The summed E-state index contributed by atoms with van der Waals surface area (Å²) in [5.74, 6) is -1.53. The fourth-order valence-electron chi connectivity index (χ4n) is 3.28. The molecule has 2 fully saturated rings. The molecule has 0 N–H and O–H groups in total. The molecule has 0 aromatic rings. The van der Waals surface area contributed by atoms with Crippen LogP contribution in [0.25, 0.3) is 0 Å². The van der Waals surface area contributed by atoms with Gasteiger partial charge in [0.2, 0.25) is 0 Å². The van der Waals surface area contributed by atoms with Gasteiger partial charge in [0.05, 0.1) is 11.9 Å². The van der Waals surface area contributed by atoms with Gasteiger partial charge in [-0.3, -0.25) is 0 Å². The van der Waals surface area contributed by atoms with Gasteiger partial charge in [0.1, 0.15) is 0 Å². The van der Waals surface area contributed by atoms with E-state index in [-0.39, 0.29) is 33.0 Å². The van der Waals surface area contributed by atoms with E-state index in [1.165, 1.54) is 12.8 Å². The summed E-state index contributed by atoms with van der Waals surface area (Å²) < 4.78 is 0. The van der Waals surface area contributed by atoms with Crippen LogP contribution in [0.1, 0.15) is 64.2 Å². The van der Waals surface area contributed by atoms with Crippen LogP contribution in [0, 0.1) is 11.8 Å². The number of carbonyl (C=O) groups excluding carboxylic acids is 2. The van der Waals surface area contributed by atoms with E-state index in [1.807, 2.05) is 0 Å². The zero-order chi connectivity index (χ0) is 19.2. The van der Waals surface area contributed by atoms with E-state index in [0.29, 0.717) is 0 Å². The average Bonchev–Trinajstić information content (AvgIpc) is 2.63. The van der Waals surface area contributed by atoms with Crippen molar-refractivity contribution in [2.75, 3.05) is 0 Å². The third-order valence-corrected chi connectivity index (χ3v) is 5.94. The number of hydrogen-bond acceptors (Lipinski definition) is 6. The molecule has 0 spiro atoms. The fraction of sp³-hybridized carbons (Fsp3) is 0.889. The molecule has 0 aromatic carbocycles. The van der Waals surface area contributed by atoms with Crippen LogP contribution in [0.2, 0.25) is 9.88 Å². The molecule has 144 valence electrons. The van der Waals surface area contributed by atoms with E-state index in [1.54, 1.807) is 0 Å². The van der Waals surface area contributed by atoms with E-state index in [2.05, 4.69) is 35.1 Å². The van der Waals surface area contributed by atoms with Crippen molar-refractivity contribution in [1.29, 1.82) is 0 Å². The summed E-state index contributed by atoms with van der Waals surface area (Å²) >= 11 is 8.24. The Balaban J connectivity index is 0.000000399. The summed E-state index contributed by atoms with van der Waals surface area (Å²) in [6, 6.07) is 0. The molecule has 0 bridgehead atoms. The first kappa shape index (κ1) is 25.4. The Labute approximate surface area is 174 Å². The molecule has 2 aliphatic carbocycles. The monoisotopic (exact) mass is 496 g/mol. The van der Waals surface area contributed by atoms with Crippen LogP contribution in [0.4, 0.5) is 0 Å². The molecule has 0 radical (unpaired) electrons. The first-order valence-corrected chi connectivity index (χ1v) is 16.0. The number of carbonyl (C=O) groups is 2. The van der Waals surface area contributed by atoms with Crippen molar-refractivity contribution < 1.29 is 19.8 Å². The first-order valence-electron chi connectivity index (χ1n) is 9.21. The van der Waals surface area contributed by atoms with Gasteiger partial charge in [0.15, 0.2) is 0 Å². The SMILES string of the molecule is O=C([O-])C(S)C1CCCCC1.O=C([O-])C(S)C1CCCCC1.[CH3][Sn+2][CH3]. The second kappa shape index (κ2) is 15.5. The third-order valence-electron chi connectivity index (χ3n) is 4.68. The second-order valence-electron chi connectivity index (χ2n) is 6.82. The summed E-state index contributed by atoms with van der Waals surface area (Å²) in [5, 5.41) is 19.7. The van der Waals surface area contributed by atoms with E-state index in [9.17, 15) is 19.8 Å². The Kier molecular flexibility index (Phi) is 15.8. The van der Waals surface area contributed by atoms with Crippen LogP contribution < -0.4 is 10.2 Å². The first-order chi connectivity index (χ1) is 11.8. The molecule has 2 rings (SSSR count). The van der Waals surface area contributed by atoms with Gasteiger partial charge in [0, 0.05) is 10.5 Å². The number of aliphatic carboxylic acids is 2. The van der Waals surface area contributed by atoms with Gasteiger partial charge in [-0.2, -0.15) is 25.3 Å². The van der Waals surface area contributed by atoms with Crippen molar-refractivity contribution >= 4 is 58.3 Å². The van der Waals surface area contributed by atoms with Crippen molar-refractivity contribution in [2.45, 2.75) is 84.6 Å². The number of carboxylic acid groups (broad SMARTS) is 2. The Bertz CT molecular complexity index is 336. The Morgan fingerprint density at radius 1 is 0.760 bits per heavy atom. The van der Waals surface area contributed by atoms with Crippen molar-refractivity contribution in [1.82, 2.24) is 0 Å². The van der Waals surface area contributed by atoms with E-state index in [4.69, 9.17) is 0 Å². The predicted molar refractivity (Wildman–Crippen MR) is 106 cm³/mol. The molecule has 0 aliphatic heterocycles. The summed E-state index contributed by atoms with van der Waals surface area (Å²) in [6.45, 7) is 0. The van der Waals surface area contributed by atoms with Crippen LogP contribution in [-0.4, -0.2) is 43.6 Å². The Morgan fingerprint density at radius 3 is 1.20 bits per heavy atom. The molecular formula is C18H32O4S2Sn. The molecule has 2 aliphatic rings. The fourth-order valence-corrected chi connectivity index (χ4v) is 3.88. The summed E-state index contributed by atoms with van der Waals surface area (Å²) in [4.78, 5) is 25.4. The predicted octanol–water partition coefficient (Wildman–Crippen LogP) is 2.02.